The van der Waals surface area contributed by atoms with E-state index in [1.807, 2.05) is 12.1 Å². The third-order valence-corrected chi connectivity index (χ3v) is 6.65. The van der Waals surface area contributed by atoms with Crippen molar-refractivity contribution in [3.05, 3.63) is 64.1 Å². The average molecular weight is 470 g/mol. The number of nitrogens with one attached hydrogen (secondary N) is 1. The molecule has 6 heteroatoms. The summed E-state index contributed by atoms with van der Waals surface area (Å²) in [5.41, 5.74) is 2.73. The van der Waals surface area contributed by atoms with E-state index in [0.717, 1.165) is 36.9 Å². The van der Waals surface area contributed by atoms with E-state index in [-0.39, 0.29) is 18.4 Å². The highest BCUT2D eigenvalue weighted by atomic mass is 79.9. The fraction of sp³-hybridized carbons (Fsp3) is 0.417. The quantitative estimate of drug-likeness (QED) is 0.499. The van der Waals surface area contributed by atoms with Crippen LogP contribution in [0.25, 0.3) is 0 Å². The number of rotatable bonds is 6. The lowest BCUT2D eigenvalue weighted by Crippen LogP contribution is -2.39. The lowest BCUT2D eigenvalue weighted by Gasteiger charge is -2.32. The predicted octanol–water partition coefficient (Wildman–Crippen LogP) is 4.50. The van der Waals surface area contributed by atoms with Gasteiger partial charge in [-0.15, -0.1) is 0 Å². The summed E-state index contributed by atoms with van der Waals surface area (Å²) >= 11 is 3.42. The second-order valence-corrected chi connectivity index (χ2v) is 9.04. The van der Waals surface area contributed by atoms with Gasteiger partial charge >= 0.3 is 0 Å². The number of likely N-dealkylation sites (tertiary alicyclic amines) is 1. The summed E-state index contributed by atoms with van der Waals surface area (Å²) in [6, 6.07) is 16.3. The summed E-state index contributed by atoms with van der Waals surface area (Å²) in [5, 5.41) is 3.09. The van der Waals surface area contributed by atoms with E-state index >= 15 is 0 Å². The Morgan fingerprint density at radius 3 is 2.47 bits per heavy atom. The van der Waals surface area contributed by atoms with Crippen molar-refractivity contribution in [2.75, 3.05) is 38.0 Å². The molecule has 0 aliphatic carbocycles. The lowest BCUT2D eigenvalue weighted by molar-refractivity contribution is -0.126. The average Bonchev–Trinajstić information content (AvgIpc) is 2.89. The first kappa shape index (κ1) is 21.1. The van der Waals surface area contributed by atoms with Gasteiger partial charge in [0.25, 0.3) is 5.91 Å². The number of benzene rings is 2. The van der Waals surface area contributed by atoms with E-state index in [1.165, 1.54) is 23.3 Å². The number of hydrogen-bond donors (Lipinski definition) is 1. The highest BCUT2D eigenvalue weighted by Crippen LogP contribution is 2.28. The van der Waals surface area contributed by atoms with E-state index in [1.54, 1.807) is 6.07 Å². The third-order valence-electron chi connectivity index (χ3n) is 6.15. The molecule has 0 bridgehead atoms. The Kier molecular flexibility index (Phi) is 6.85. The first-order valence-corrected chi connectivity index (χ1v) is 11.6. The van der Waals surface area contributed by atoms with Crippen molar-refractivity contribution in [1.29, 1.82) is 0 Å². The minimum absolute atomic E-state index is 0.155. The molecule has 2 amide bonds. The zero-order valence-electron chi connectivity index (χ0n) is 17.1. The summed E-state index contributed by atoms with van der Waals surface area (Å²) in [6.07, 6.45) is 4.23. The largest absolute Gasteiger partial charge is 0.375 e. The van der Waals surface area contributed by atoms with Gasteiger partial charge in [0.05, 0.1) is 12.1 Å². The van der Waals surface area contributed by atoms with Crippen molar-refractivity contribution in [3.63, 3.8) is 0 Å². The monoisotopic (exact) mass is 469 g/mol. The van der Waals surface area contributed by atoms with E-state index < -0.39 is 0 Å². The van der Waals surface area contributed by atoms with Gasteiger partial charge in [-0.1, -0.05) is 46.3 Å². The molecule has 158 valence electrons. The van der Waals surface area contributed by atoms with Crippen LogP contribution in [0.4, 0.5) is 5.69 Å². The Bertz CT molecular complexity index is 895. The fourth-order valence-corrected chi connectivity index (χ4v) is 4.78. The van der Waals surface area contributed by atoms with Gasteiger partial charge in [0.2, 0.25) is 5.91 Å². The Hall–Kier alpha value is -2.18. The van der Waals surface area contributed by atoms with E-state index in [2.05, 4.69) is 56.5 Å². The van der Waals surface area contributed by atoms with Crippen LogP contribution in [0.1, 0.15) is 47.5 Å². The zero-order valence-corrected chi connectivity index (χ0v) is 18.7. The maximum atomic E-state index is 12.9. The van der Waals surface area contributed by atoms with E-state index in [4.69, 9.17) is 0 Å². The first-order chi connectivity index (χ1) is 14.6. The Labute approximate surface area is 186 Å². The maximum Gasteiger partial charge on any atom is 0.262 e. The fourth-order valence-electron chi connectivity index (χ4n) is 4.42. The minimum Gasteiger partial charge on any atom is -0.375 e. The predicted molar refractivity (Wildman–Crippen MR) is 123 cm³/mol. The number of piperidine rings is 1. The van der Waals surface area contributed by atoms with Gasteiger partial charge in [0, 0.05) is 16.7 Å². The van der Waals surface area contributed by atoms with Gasteiger partial charge in [0.15, 0.2) is 0 Å². The van der Waals surface area contributed by atoms with Crippen molar-refractivity contribution in [2.45, 2.75) is 31.6 Å². The lowest BCUT2D eigenvalue weighted by atomic mass is 9.89. The summed E-state index contributed by atoms with van der Waals surface area (Å²) in [4.78, 5) is 29.3. The normalized spacial score (nSPS) is 18.1. The van der Waals surface area contributed by atoms with Crippen molar-refractivity contribution in [2.24, 2.45) is 0 Å². The van der Waals surface area contributed by atoms with E-state index in [9.17, 15) is 9.59 Å². The Balaban J connectivity index is 1.24. The molecule has 5 nitrogen and oxygen atoms in total. The number of unbranched alkanes of at least 4 members (excludes halogenated alkanes) is 1. The second-order valence-electron chi connectivity index (χ2n) is 8.13. The van der Waals surface area contributed by atoms with Crippen LogP contribution < -0.4 is 5.32 Å². The molecule has 1 saturated heterocycles. The van der Waals surface area contributed by atoms with Crippen LogP contribution in [-0.2, 0) is 4.79 Å². The number of imide groups is 1. The second kappa shape index (κ2) is 9.75. The molecule has 2 aromatic rings. The molecule has 2 aromatic carbocycles. The molecule has 2 aliphatic heterocycles. The van der Waals surface area contributed by atoms with Crippen molar-refractivity contribution in [1.82, 2.24) is 9.80 Å². The number of fused-ring (bicyclic) bond motifs is 1. The van der Waals surface area contributed by atoms with E-state index in [0.29, 0.717) is 23.7 Å². The highest BCUT2D eigenvalue weighted by molar-refractivity contribution is 9.10. The number of nitrogens with zero attached hydrogens (tertiary/aromatic N) is 2. The molecule has 2 heterocycles. The minimum atomic E-state index is -0.198. The maximum absolute atomic E-state index is 12.9. The molecule has 1 fully saturated rings. The SMILES string of the molecule is O=C1CNc2cc(Br)ccc2C(=O)N1CCCCN1CCC(c2ccccc2)CC1. The van der Waals surface area contributed by atoms with Crippen molar-refractivity contribution >= 4 is 33.4 Å². The van der Waals surface area contributed by atoms with Gasteiger partial charge in [-0.25, -0.2) is 0 Å². The van der Waals surface area contributed by atoms with Gasteiger partial charge in [-0.2, -0.15) is 0 Å². The molecular weight excluding hydrogens is 442 g/mol. The van der Waals surface area contributed by atoms with Gasteiger partial charge in [-0.3, -0.25) is 14.5 Å². The summed E-state index contributed by atoms with van der Waals surface area (Å²) in [5.74, 6) is 0.314. The standard InChI is InChI=1S/C24H28BrN3O2/c25-20-8-9-21-22(16-20)26-17-23(29)28(24(21)30)13-5-4-12-27-14-10-19(11-15-27)18-6-2-1-3-7-18/h1-3,6-9,16,19,26H,4-5,10-15,17H2. The molecule has 0 spiro atoms. The van der Waals surface area contributed by atoms with Crippen LogP contribution in [0.3, 0.4) is 0 Å². The molecular formula is C24H28BrN3O2. The number of hydrogen-bond acceptors (Lipinski definition) is 4. The molecule has 0 radical (unpaired) electrons. The van der Waals surface area contributed by atoms with Crippen LogP contribution in [-0.4, -0.2) is 54.3 Å². The molecule has 0 atom stereocenters. The van der Waals surface area contributed by atoms with Gasteiger partial charge < -0.3 is 10.2 Å². The van der Waals surface area contributed by atoms with Crippen LogP contribution in [0, 0.1) is 0 Å². The summed E-state index contributed by atoms with van der Waals surface area (Å²) < 4.78 is 0.887. The van der Waals surface area contributed by atoms with Crippen LogP contribution in [0.5, 0.6) is 0 Å². The topological polar surface area (TPSA) is 52.7 Å². The number of amides is 2. The van der Waals surface area contributed by atoms with Crippen molar-refractivity contribution in [3.8, 4) is 0 Å². The molecule has 30 heavy (non-hydrogen) atoms. The molecule has 0 aromatic heterocycles. The highest BCUT2D eigenvalue weighted by Gasteiger charge is 2.28. The summed E-state index contributed by atoms with van der Waals surface area (Å²) in [7, 11) is 0. The Morgan fingerprint density at radius 2 is 1.70 bits per heavy atom. The smallest absolute Gasteiger partial charge is 0.262 e. The van der Waals surface area contributed by atoms with Crippen LogP contribution >= 0.6 is 15.9 Å². The Morgan fingerprint density at radius 1 is 0.967 bits per heavy atom. The number of halogens is 1. The van der Waals surface area contributed by atoms with Gasteiger partial charge in [-0.05, 0) is 75.0 Å². The first-order valence-electron chi connectivity index (χ1n) is 10.8. The van der Waals surface area contributed by atoms with Gasteiger partial charge in [0.1, 0.15) is 0 Å². The van der Waals surface area contributed by atoms with Crippen LogP contribution in [0.15, 0.2) is 53.0 Å². The number of carbonyl (C=O) groups is 2. The molecule has 0 unspecified atom stereocenters. The zero-order chi connectivity index (χ0) is 20.9. The van der Waals surface area contributed by atoms with Crippen LogP contribution in [0.2, 0.25) is 0 Å². The molecule has 0 saturated carbocycles. The van der Waals surface area contributed by atoms with Crippen molar-refractivity contribution < 1.29 is 9.59 Å². The third kappa shape index (κ3) is 4.93. The summed E-state index contributed by atoms with van der Waals surface area (Å²) in [6.45, 7) is 3.90. The number of carbonyl (C=O) groups excluding carboxylic acids is 2. The molecule has 1 N–H and O–H groups in total. The number of anilines is 1. The molecule has 2 aliphatic rings. The molecule has 4 rings (SSSR count).